The second-order valence-electron chi connectivity index (χ2n) is 3.72. The van der Waals surface area contributed by atoms with Crippen LogP contribution in [0.4, 0.5) is 10.5 Å². The van der Waals surface area contributed by atoms with Crippen molar-refractivity contribution in [1.29, 1.82) is 0 Å². The van der Waals surface area contributed by atoms with Gasteiger partial charge in [0.1, 0.15) is 6.54 Å². The molecule has 0 radical (unpaired) electrons. The normalized spacial score (nSPS) is 9.89. The summed E-state index contributed by atoms with van der Waals surface area (Å²) in [6.07, 6.45) is 0. The van der Waals surface area contributed by atoms with Crippen LogP contribution in [0.25, 0.3) is 0 Å². The van der Waals surface area contributed by atoms with Crippen LogP contribution in [0.3, 0.4) is 0 Å². The molecule has 0 bridgehead atoms. The van der Waals surface area contributed by atoms with Gasteiger partial charge < -0.3 is 15.0 Å². The lowest BCUT2D eigenvalue weighted by Gasteiger charge is -2.17. The quantitative estimate of drug-likeness (QED) is 0.870. The predicted molar refractivity (Wildman–Crippen MR) is 74.7 cm³/mol. The third-order valence-electron chi connectivity index (χ3n) is 2.19. The Morgan fingerprint density at radius 3 is 2.68 bits per heavy atom. The van der Waals surface area contributed by atoms with Crippen molar-refractivity contribution in [3.63, 3.8) is 0 Å². The van der Waals surface area contributed by atoms with Crippen LogP contribution in [-0.2, 0) is 9.53 Å². The molecule has 7 heteroatoms. The number of nitrogens with zero attached hydrogens (tertiary/aromatic N) is 1. The number of likely N-dealkylation sites (N-methyl/N-ethyl adjacent to an activating group) is 1. The third-order valence-corrected chi connectivity index (χ3v) is 2.75. The van der Waals surface area contributed by atoms with Crippen LogP contribution in [0.15, 0.2) is 18.2 Å². The monoisotopic (exact) mass is 304 g/mol. The number of esters is 1. The predicted octanol–water partition coefficient (Wildman–Crippen LogP) is 3.02. The Hall–Kier alpha value is -1.46. The molecule has 1 aromatic carbocycles. The maximum atomic E-state index is 11.8. The molecule has 0 aliphatic carbocycles. The molecule has 0 aromatic heterocycles. The molecular weight excluding hydrogens is 291 g/mol. The standard InChI is InChI=1S/C12H14Cl2N2O3/c1-3-19-11(17)7-16(2)12(18)15-10-6-8(13)4-5-9(10)14/h4-6H,3,7H2,1-2H3,(H,15,18). The summed E-state index contributed by atoms with van der Waals surface area (Å²) in [6.45, 7) is 1.83. The van der Waals surface area contributed by atoms with E-state index in [0.717, 1.165) is 0 Å². The minimum Gasteiger partial charge on any atom is -0.465 e. The Balaban J connectivity index is 2.63. The zero-order chi connectivity index (χ0) is 14.4. The van der Waals surface area contributed by atoms with Crippen LogP contribution >= 0.6 is 23.2 Å². The number of urea groups is 1. The van der Waals surface area contributed by atoms with E-state index >= 15 is 0 Å². The highest BCUT2D eigenvalue weighted by Crippen LogP contribution is 2.25. The zero-order valence-corrected chi connectivity index (χ0v) is 12.1. The van der Waals surface area contributed by atoms with Gasteiger partial charge in [-0.2, -0.15) is 0 Å². The molecule has 0 saturated carbocycles. The number of amides is 2. The van der Waals surface area contributed by atoms with Gasteiger partial charge in [-0.05, 0) is 25.1 Å². The van der Waals surface area contributed by atoms with Crippen LogP contribution < -0.4 is 5.32 Å². The van der Waals surface area contributed by atoms with Gasteiger partial charge in [0.05, 0.1) is 17.3 Å². The lowest BCUT2D eigenvalue weighted by atomic mass is 10.3. The number of benzene rings is 1. The maximum absolute atomic E-state index is 11.8. The van der Waals surface area contributed by atoms with E-state index in [2.05, 4.69) is 5.32 Å². The number of rotatable bonds is 4. The van der Waals surface area contributed by atoms with Crippen LogP contribution in [0.1, 0.15) is 6.92 Å². The number of nitrogens with one attached hydrogen (secondary N) is 1. The molecule has 0 aliphatic heterocycles. The summed E-state index contributed by atoms with van der Waals surface area (Å²) in [7, 11) is 1.48. The second kappa shape index (κ2) is 7.21. The Bertz CT molecular complexity index is 480. The first-order valence-electron chi connectivity index (χ1n) is 5.56. The van der Waals surface area contributed by atoms with Crippen molar-refractivity contribution >= 4 is 40.9 Å². The Morgan fingerprint density at radius 2 is 2.05 bits per heavy atom. The third kappa shape index (κ3) is 4.96. The minimum atomic E-state index is -0.475. The van der Waals surface area contributed by atoms with Crippen LogP contribution in [-0.4, -0.2) is 37.1 Å². The molecule has 0 aliphatic rings. The van der Waals surface area contributed by atoms with Gasteiger partial charge >= 0.3 is 12.0 Å². The number of carbonyl (C=O) groups is 2. The number of ether oxygens (including phenoxy) is 1. The van der Waals surface area contributed by atoms with Gasteiger partial charge in [0.2, 0.25) is 0 Å². The number of hydrogen-bond donors (Lipinski definition) is 1. The molecule has 104 valence electrons. The first kappa shape index (κ1) is 15.6. The lowest BCUT2D eigenvalue weighted by molar-refractivity contribution is -0.143. The van der Waals surface area contributed by atoms with Crippen molar-refractivity contribution < 1.29 is 14.3 Å². The van der Waals surface area contributed by atoms with Crippen molar-refractivity contribution in [3.8, 4) is 0 Å². The van der Waals surface area contributed by atoms with Gasteiger partial charge in [-0.25, -0.2) is 4.79 Å². The van der Waals surface area contributed by atoms with Gasteiger partial charge in [0, 0.05) is 12.1 Å². The molecule has 5 nitrogen and oxygen atoms in total. The Labute approximate surface area is 121 Å². The van der Waals surface area contributed by atoms with Gasteiger partial charge in [-0.1, -0.05) is 23.2 Å². The molecule has 1 aromatic rings. The highest BCUT2D eigenvalue weighted by atomic mass is 35.5. The van der Waals surface area contributed by atoms with Gasteiger partial charge in [0.25, 0.3) is 0 Å². The van der Waals surface area contributed by atoms with E-state index in [1.54, 1.807) is 19.1 Å². The molecule has 0 fully saturated rings. The molecule has 2 amide bonds. The summed E-state index contributed by atoms with van der Waals surface area (Å²) in [5.41, 5.74) is 0.384. The van der Waals surface area contributed by atoms with Gasteiger partial charge in [-0.15, -0.1) is 0 Å². The molecule has 1 rings (SSSR count). The van der Waals surface area contributed by atoms with E-state index in [-0.39, 0.29) is 13.2 Å². The highest BCUT2D eigenvalue weighted by molar-refractivity contribution is 6.35. The number of halogens is 2. The first-order chi connectivity index (χ1) is 8.93. The summed E-state index contributed by atoms with van der Waals surface area (Å²) in [4.78, 5) is 24.3. The van der Waals surface area contributed by atoms with E-state index < -0.39 is 12.0 Å². The zero-order valence-electron chi connectivity index (χ0n) is 10.6. The summed E-state index contributed by atoms with van der Waals surface area (Å²) in [6, 6.07) is 4.24. The van der Waals surface area contributed by atoms with E-state index in [9.17, 15) is 9.59 Å². The average molecular weight is 305 g/mol. The van der Waals surface area contributed by atoms with E-state index in [1.807, 2.05) is 0 Å². The fraction of sp³-hybridized carbons (Fsp3) is 0.333. The van der Waals surface area contributed by atoms with Crippen molar-refractivity contribution in [3.05, 3.63) is 28.2 Å². The van der Waals surface area contributed by atoms with Crippen LogP contribution in [0.2, 0.25) is 10.0 Å². The molecule has 19 heavy (non-hydrogen) atoms. The minimum absolute atomic E-state index is 0.141. The van der Waals surface area contributed by atoms with E-state index in [4.69, 9.17) is 27.9 Å². The summed E-state index contributed by atoms with van der Waals surface area (Å²) >= 11 is 11.7. The van der Waals surface area contributed by atoms with E-state index in [0.29, 0.717) is 15.7 Å². The van der Waals surface area contributed by atoms with Crippen molar-refractivity contribution in [2.75, 3.05) is 25.5 Å². The fourth-order valence-electron chi connectivity index (χ4n) is 1.28. The molecule has 0 heterocycles. The first-order valence-corrected chi connectivity index (χ1v) is 6.32. The van der Waals surface area contributed by atoms with Gasteiger partial charge in [0.15, 0.2) is 0 Å². The topological polar surface area (TPSA) is 58.6 Å². The number of carbonyl (C=O) groups excluding carboxylic acids is 2. The molecule has 0 unspecified atom stereocenters. The molecule has 0 saturated heterocycles. The van der Waals surface area contributed by atoms with Crippen LogP contribution in [0, 0.1) is 0 Å². The second-order valence-corrected chi connectivity index (χ2v) is 4.56. The fourth-order valence-corrected chi connectivity index (χ4v) is 1.61. The Kier molecular flexibility index (Phi) is 5.92. The molecule has 0 atom stereocenters. The smallest absolute Gasteiger partial charge is 0.325 e. The molecule has 0 spiro atoms. The highest BCUT2D eigenvalue weighted by Gasteiger charge is 2.14. The molecule has 1 N–H and O–H groups in total. The SMILES string of the molecule is CCOC(=O)CN(C)C(=O)Nc1cc(Cl)ccc1Cl. The summed E-state index contributed by atoms with van der Waals surface area (Å²) in [5.74, 6) is -0.475. The lowest BCUT2D eigenvalue weighted by Crippen LogP contribution is -2.36. The summed E-state index contributed by atoms with van der Waals surface area (Å²) in [5, 5.41) is 3.38. The van der Waals surface area contributed by atoms with Crippen LogP contribution in [0.5, 0.6) is 0 Å². The number of anilines is 1. The van der Waals surface area contributed by atoms with Gasteiger partial charge in [-0.3, -0.25) is 4.79 Å². The van der Waals surface area contributed by atoms with Crippen molar-refractivity contribution in [2.45, 2.75) is 6.92 Å². The number of hydrogen-bond acceptors (Lipinski definition) is 3. The van der Waals surface area contributed by atoms with E-state index in [1.165, 1.54) is 18.0 Å². The largest absolute Gasteiger partial charge is 0.465 e. The molecular formula is C12H14Cl2N2O3. The Morgan fingerprint density at radius 1 is 1.37 bits per heavy atom. The van der Waals surface area contributed by atoms with Crippen molar-refractivity contribution in [1.82, 2.24) is 4.90 Å². The average Bonchev–Trinajstić information content (AvgIpc) is 2.34. The van der Waals surface area contributed by atoms with Crippen molar-refractivity contribution in [2.24, 2.45) is 0 Å². The maximum Gasteiger partial charge on any atom is 0.325 e. The summed E-state index contributed by atoms with van der Waals surface area (Å²) < 4.78 is 4.75.